The van der Waals surface area contributed by atoms with E-state index < -0.39 is 23.5 Å². The van der Waals surface area contributed by atoms with Crippen molar-refractivity contribution >= 4 is 17.4 Å². The number of unbranched alkanes of at least 4 members (excludes halogenated alkanes) is 2. The van der Waals surface area contributed by atoms with Crippen LogP contribution in [0.2, 0.25) is 0 Å². The van der Waals surface area contributed by atoms with Crippen LogP contribution < -0.4 is 4.74 Å². The molecular formula is C27H32FNO4. The minimum absolute atomic E-state index is 0.0911. The van der Waals surface area contributed by atoms with Crippen LogP contribution in [0.25, 0.3) is 5.76 Å². The summed E-state index contributed by atoms with van der Waals surface area (Å²) < 4.78 is 20.3. The van der Waals surface area contributed by atoms with Crippen molar-refractivity contribution in [2.45, 2.75) is 58.4 Å². The Hall–Kier alpha value is -3.15. The highest BCUT2D eigenvalue weighted by Crippen LogP contribution is 2.41. The number of benzene rings is 2. The third-order valence-corrected chi connectivity index (χ3v) is 6.02. The lowest BCUT2D eigenvalue weighted by molar-refractivity contribution is -0.139. The van der Waals surface area contributed by atoms with Crippen molar-refractivity contribution in [3.63, 3.8) is 0 Å². The number of likely N-dealkylation sites (tertiary alicyclic amines) is 1. The fraction of sp³-hybridized carbons (Fsp3) is 0.407. The first kappa shape index (κ1) is 24.5. The number of ketones is 1. The van der Waals surface area contributed by atoms with Crippen molar-refractivity contribution in [2.24, 2.45) is 0 Å². The zero-order valence-corrected chi connectivity index (χ0v) is 19.9. The number of hydrogen-bond acceptors (Lipinski definition) is 4. The summed E-state index contributed by atoms with van der Waals surface area (Å²) in [6.45, 7) is 8.39. The molecule has 2 aromatic carbocycles. The van der Waals surface area contributed by atoms with Crippen LogP contribution in [-0.4, -0.2) is 35.4 Å². The number of aliphatic hydroxyl groups excluding tert-OH is 1. The van der Waals surface area contributed by atoms with Gasteiger partial charge in [-0.25, -0.2) is 4.39 Å². The number of rotatable bonds is 7. The van der Waals surface area contributed by atoms with Gasteiger partial charge in [-0.15, -0.1) is 0 Å². The van der Waals surface area contributed by atoms with Gasteiger partial charge in [0, 0.05) is 23.2 Å². The van der Waals surface area contributed by atoms with Crippen LogP contribution in [-0.2, 0) is 15.0 Å². The molecule has 1 aliphatic rings. The number of nitrogens with zero attached hydrogens (tertiary/aromatic N) is 1. The van der Waals surface area contributed by atoms with Crippen molar-refractivity contribution in [3.8, 4) is 5.75 Å². The number of carbonyl (C=O) groups excluding carboxylic acids is 2. The average Bonchev–Trinajstić information content (AvgIpc) is 3.03. The topological polar surface area (TPSA) is 66.8 Å². The maximum Gasteiger partial charge on any atom is 0.295 e. The molecule has 1 amide bonds. The van der Waals surface area contributed by atoms with E-state index in [1.165, 1.54) is 11.0 Å². The first-order valence-electron chi connectivity index (χ1n) is 11.3. The average molecular weight is 454 g/mol. The van der Waals surface area contributed by atoms with E-state index in [-0.39, 0.29) is 22.3 Å². The van der Waals surface area contributed by atoms with Crippen LogP contribution in [0.3, 0.4) is 0 Å². The quantitative estimate of drug-likeness (QED) is 0.251. The maximum atomic E-state index is 14.8. The van der Waals surface area contributed by atoms with Crippen LogP contribution in [0.5, 0.6) is 5.75 Å². The van der Waals surface area contributed by atoms with Gasteiger partial charge in [-0.2, -0.15) is 0 Å². The Morgan fingerprint density at radius 1 is 1.12 bits per heavy atom. The van der Waals surface area contributed by atoms with Gasteiger partial charge >= 0.3 is 0 Å². The van der Waals surface area contributed by atoms with Gasteiger partial charge in [0.15, 0.2) is 0 Å². The van der Waals surface area contributed by atoms with E-state index >= 15 is 0 Å². The molecule has 0 aliphatic carbocycles. The number of halogens is 1. The second-order valence-corrected chi connectivity index (χ2v) is 9.39. The van der Waals surface area contributed by atoms with E-state index in [1.54, 1.807) is 43.5 Å². The molecule has 1 saturated heterocycles. The summed E-state index contributed by atoms with van der Waals surface area (Å²) in [4.78, 5) is 27.4. The molecule has 6 heteroatoms. The summed E-state index contributed by atoms with van der Waals surface area (Å²) in [6, 6.07) is 10.2. The van der Waals surface area contributed by atoms with Crippen molar-refractivity contribution in [1.29, 1.82) is 0 Å². The van der Waals surface area contributed by atoms with Gasteiger partial charge in [0.25, 0.3) is 11.7 Å². The Kier molecular flexibility index (Phi) is 7.25. The molecule has 0 aromatic heterocycles. The molecule has 0 saturated carbocycles. The van der Waals surface area contributed by atoms with Crippen molar-refractivity contribution in [3.05, 3.63) is 70.5 Å². The molecule has 0 spiro atoms. The second kappa shape index (κ2) is 9.77. The molecule has 0 bridgehead atoms. The predicted octanol–water partition coefficient (Wildman–Crippen LogP) is 5.74. The van der Waals surface area contributed by atoms with Crippen molar-refractivity contribution < 1.29 is 23.8 Å². The molecule has 2 aromatic rings. The lowest BCUT2D eigenvalue weighted by Gasteiger charge is -2.26. The minimum Gasteiger partial charge on any atom is -0.507 e. The molecular weight excluding hydrogens is 421 g/mol. The van der Waals surface area contributed by atoms with E-state index in [1.807, 2.05) is 27.7 Å². The molecule has 33 heavy (non-hydrogen) atoms. The number of methoxy groups -OCH3 is 1. The lowest BCUT2D eigenvalue weighted by atomic mass is 9.84. The summed E-state index contributed by atoms with van der Waals surface area (Å²) in [5.74, 6) is -1.70. The first-order valence-corrected chi connectivity index (χ1v) is 11.3. The number of ether oxygens (including phenoxy) is 1. The van der Waals surface area contributed by atoms with E-state index in [0.717, 1.165) is 18.4 Å². The van der Waals surface area contributed by atoms with E-state index in [4.69, 9.17) is 4.74 Å². The number of aliphatic hydroxyl groups is 1. The van der Waals surface area contributed by atoms with Gasteiger partial charge < -0.3 is 14.7 Å². The van der Waals surface area contributed by atoms with E-state index in [2.05, 4.69) is 0 Å². The summed E-state index contributed by atoms with van der Waals surface area (Å²) in [7, 11) is 1.57. The standard InChI is InChI=1S/C27H32FNO4/c1-6-7-10-15-29-23(18-11-8-9-12-20(18)28)22(25(31)26(29)32)24(30)17-13-14-21(33-5)19(16-17)27(2,3)4/h8-9,11-14,16,23,30H,6-7,10,15H2,1-5H3/b24-22+. The third kappa shape index (κ3) is 4.80. The summed E-state index contributed by atoms with van der Waals surface area (Å²) in [6.07, 6.45) is 2.50. The zero-order valence-electron chi connectivity index (χ0n) is 19.9. The fourth-order valence-electron chi connectivity index (χ4n) is 4.26. The highest BCUT2D eigenvalue weighted by Gasteiger charge is 2.46. The molecule has 1 atom stereocenters. The number of amides is 1. The van der Waals surface area contributed by atoms with Crippen LogP contribution in [0, 0.1) is 5.82 Å². The molecule has 1 aliphatic heterocycles. The molecule has 5 nitrogen and oxygen atoms in total. The van der Waals surface area contributed by atoms with E-state index in [9.17, 15) is 19.1 Å². The highest BCUT2D eigenvalue weighted by atomic mass is 19.1. The Balaban J connectivity index is 2.20. The molecule has 1 N–H and O–H groups in total. The van der Waals surface area contributed by atoms with E-state index in [0.29, 0.717) is 24.3 Å². The van der Waals surface area contributed by atoms with Crippen molar-refractivity contribution in [1.82, 2.24) is 4.90 Å². The van der Waals surface area contributed by atoms with Gasteiger partial charge in [0.2, 0.25) is 0 Å². The summed E-state index contributed by atoms with van der Waals surface area (Å²) in [5.41, 5.74) is 1.03. The van der Waals surface area contributed by atoms with Crippen molar-refractivity contribution in [2.75, 3.05) is 13.7 Å². The normalized spacial score (nSPS) is 18.1. The first-order chi connectivity index (χ1) is 15.6. The number of hydrogen-bond donors (Lipinski definition) is 1. The molecule has 1 unspecified atom stereocenters. The Bertz CT molecular complexity index is 1080. The maximum absolute atomic E-state index is 14.8. The fourth-order valence-corrected chi connectivity index (χ4v) is 4.26. The molecule has 176 valence electrons. The number of Topliss-reactive ketones (excluding diaryl/α,β-unsaturated/α-hetero) is 1. The summed E-state index contributed by atoms with van der Waals surface area (Å²) in [5, 5.41) is 11.3. The van der Waals surface area contributed by atoms with Crippen LogP contribution in [0.15, 0.2) is 48.0 Å². The van der Waals surface area contributed by atoms with Crippen LogP contribution in [0.4, 0.5) is 4.39 Å². The molecule has 1 heterocycles. The monoisotopic (exact) mass is 453 g/mol. The minimum atomic E-state index is -0.983. The molecule has 3 rings (SSSR count). The lowest BCUT2D eigenvalue weighted by Crippen LogP contribution is -2.31. The van der Waals surface area contributed by atoms with Gasteiger partial charge in [-0.3, -0.25) is 9.59 Å². The second-order valence-electron chi connectivity index (χ2n) is 9.39. The zero-order chi connectivity index (χ0) is 24.3. The number of carbonyl (C=O) groups is 2. The molecule has 1 fully saturated rings. The largest absolute Gasteiger partial charge is 0.507 e. The van der Waals surface area contributed by atoms with Gasteiger partial charge in [-0.1, -0.05) is 58.7 Å². The Morgan fingerprint density at radius 2 is 1.82 bits per heavy atom. The van der Waals surface area contributed by atoms with Crippen LogP contribution >= 0.6 is 0 Å². The van der Waals surface area contributed by atoms with Gasteiger partial charge in [-0.05, 0) is 36.1 Å². The summed E-state index contributed by atoms with van der Waals surface area (Å²) >= 11 is 0. The predicted molar refractivity (Wildman–Crippen MR) is 127 cm³/mol. The SMILES string of the molecule is CCCCCN1C(=O)C(=O)/C(=C(/O)c2ccc(OC)c(C(C)(C)C)c2)C1c1ccccc1F. The highest BCUT2D eigenvalue weighted by molar-refractivity contribution is 6.46. The van der Waals surface area contributed by atoms with Gasteiger partial charge in [0.1, 0.15) is 17.3 Å². The van der Waals surface area contributed by atoms with Gasteiger partial charge in [0.05, 0.1) is 18.7 Å². The van der Waals surface area contributed by atoms with Crippen LogP contribution in [0.1, 0.15) is 69.7 Å². The molecule has 0 radical (unpaired) electrons. The third-order valence-electron chi connectivity index (χ3n) is 6.02. The Morgan fingerprint density at radius 3 is 2.42 bits per heavy atom. The Labute approximate surface area is 194 Å². The smallest absolute Gasteiger partial charge is 0.295 e.